The molecule has 3 heterocycles. The summed E-state index contributed by atoms with van der Waals surface area (Å²) in [6, 6.07) is 1.90. The second-order valence-electron chi connectivity index (χ2n) is 6.34. The summed E-state index contributed by atoms with van der Waals surface area (Å²) in [6.07, 6.45) is 2.12. The first kappa shape index (κ1) is 19.8. The molecule has 1 aliphatic heterocycles. The van der Waals surface area contributed by atoms with E-state index in [1.165, 1.54) is 28.2 Å². The summed E-state index contributed by atoms with van der Waals surface area (Å²) in [5.74, 6) is -0.574. The average molecular weight is 409 g/mol. The summed E-state index contributed by atoms with van der Waals surface area (Å²) in [5, 5.41) is 2.79. The van der Waals surface area contributed by atoms with Gasteiger partial charge >= 0.3 is 0 Å². The van der Waals surface area contributed by atoms with Crippen molar-refractivity contribution in [2.75, 3.05) is 31.2 Å². The van der Waals surface area contributed by atoms with Gasteiger partial charge in [-0.25, -0.2) is 4.98 Å². The molecule has 0 bridgehead atoms. The number of aryl methyl sites for hydroxylation is 2. The van der Waals surface area contributed by atoms with Gasteiger partial charge in [-0.2, -0.15) is 0 Å². The molecule has 0 radical (unpaired) electrons. The minimum atomic E-state index is -0.288. The van der Waals surface area contributed by atoms with Crippen molar-refractivity contribution in [2.45, 2.75) is 33.1 Å². The van der Waals surface area contributed by atoms with Crippen molar-refractivity contribution in [3.05, 3.63) is 32.5 Å². The molecule has 2 aromatic rings. The lowest BCUT2D eigenvalue weighted by atomic mass is 10.1. The van der Waals surface area contributed by atoms with Crippen LogP contribution in [0.2, 0.25) is 0 Å². The zero-order valence-electron chi connectivity index (χ0n) is 15.5. The summed E-state index contributed by atoms with van der Waals surface area (Å²) in [4.78, 5) is 32.8. The van der Waals surface area contributed by atoms with E-state index in [1.807, 2.05) is 18.4 Å². The molecule has 0 spiro atoms. The number of nitrogens with one attached hydrogen (secondary N) is 2. The van der Waals surface area contributed by atoms with Gasteiger partial charge in [0.2, 0.25) is 5.91 Å². The van der Waals surface area contributed by atoms with Gasteiger partial charge in [-0.05, 0) is 25.0 Å². The number of nitrogens with zero attached hydrogens (tertiary/aromatic N) is 2. The van der Waals surface area contributed by atoms with Crippen molar-refractivity contribution in [3.8, 4) is 0 Å². The Morgan fingerprint density at radius 2 is 2.07 bits per heavy atom. The van der Waals surface area contributed by atoms with E-state index in [4.69, 9.17) is 4.74 Å². The Kier molecular flexibility index (Phi) is 6.81. The smallest absolute Gasteiger partial charge is 0.279 e. The third-order valence-electron chi connectivity index (χ3n) is 4.24. The second kappa shape index (κ2) is 9.29. The van der Waals surface area contributed by atoms with Crippen LogP contribution in [0.3, 0.4) is 0 Å². The Morgan fingerprint density at radius 3 is 2.81 bits per heavy atom. The molecule has 2 aromatic heterocycles. The second-order valence-corrected chi connectivity index (χ2v) is 8.43. The van der Waals surface area contributed by atoms with E-state index in [0.717, 1.165) is 35.9 Å². The van der Waals surface area contributed by atoms with Gasteiger partial charge in [0, 0.05) is 23.3 Å². The zero-order valence-corrected chi connectivity index (χ0v) is 17.2. The van der Waals surface area contributed by atoms with E-state index in [1.54, 1.807) is 0 Å². The molecule has 1 saturated heterocycles. The summed E-state index contributed by atoms with van der Waals surface area (Å²) in [6.45, 7) is 7.15. The summed E-state index contributed by atoms with van der Waals surface area (Å²) in [7, 11) is 0. The highest BCUT2D eigenvalue weighted by molar-refractivity contribution is 7.14. The number of hydrogen-bond acceptors (Lipinski definition) is 7. The maximum atomic E-state index is 12.2. The van der Waals surface area contributed by atoms with Gasteiger partial charge in [0.15, 0.2) is 5.13 Å². The molecule has 9 heteroatoms. The molecule has 2 amide bonds. The monoisotopic (exact) mass is 408 g/mol. The van der Waals surface area contributed by atoms with Gasteiger partial charge in [-0.3, -0.25) is 20.4 Å². The fraction of sp³-hybridized carbons (Fsp3) is 0.500. The van der Waals surface area contributed by atoms with Crippen LogP contribution in [0.15, 0.2) is 11.4 Å². The predicted molar refractivity (Wildman–Crippen MR) is 108 cm³/mol. The first-order valence-electron chi connectivity index (χ1n) is 9.02. The van der Waals surface area contributed by atoms with Gasteiger partial charge in [0.25, 0.3) is 5.91 Å². The molecule has 7 nitrogen and oxygen atoms in total. The lowest BCUT2D eigenvalue weighted by Crippen LogP contribution is -2.42. The maximum Gasteiger partial charge on any atom is 0.279 e. The summed E-state index contributed by atoms with van der Waals surface area (Å²) < 4.78 is 5.34. The van der Waals surface area contributed by atoms with Gasteiger partial charge < -0.3 is 9.64 Å². The Hall–Kier alpha value is -1.97. The SMILES string of the molecule is CCCc1cc(C(=O)NNC(=O)Cc2csc(N3CCOCC3)n2)sc1C. The number of amides is 2. The van der Waals surface area contributed by atoms with Crippen molar-refractivity contribution in [2.24, 2.45) is 0 Å². The number of ether oxygens (including phenoxy) is 1. The topological polar surface area (TPSA) is 83.6 Å². The lowest BCUT2D eigenvalue weighted by molar-refractivity contribution is -0.121. The molecule has 0 aliphatic carbocycles. The van der Waals surface area contributed by atoms with Gasteiger partial charge in [0.1, 0.15) is 0 Å². The van der Waals surface area contributed by atoms with Gasteiger partial charge in [0.05, 0.1) is 30.2 Å². The number of hydrogen-bond donors (Lipinski definition) is 2. The normalized spacial score (nSPS) is 14.2. The predicted octanol–water partition coefficient (Wildman–Crippen LogP) is 2.31. The van der Waals surface area contributed by atoms with E-state index in [9.17, 15) is 9.59 Å². The number of rotatable bonds is 6. The molecular weight excluding hydrogens is 384 g/mol. The third-order valence-corrected chi connectivity index (χ3v) is 6.28. The van der Waals surface area contributed by atoms with Crippen LogP contribution in [0.5, 0.6) is 0 Å². The van der Waals surface area contributed by atoms with E-state index in [-0.39, 0.29) is 18.2 Å². The minimum absolute atomic E-state index is 0.131. The standard InChI is InChI=1S/C18H24N4O3S2/c1-3-4-13-9-15(27-12(13)2)17(24)21-20-16(23)10-14-11-26-18(19-14)22-5-7-25-8-6-22/h9,11H,3-8,10H2,1-2H3,(H,20,23)(H,21,24). The van der Waals surface area contributed by atoms with Crippen LogP contribution in [0.4, 0.5) is 5.13 Å². The summed E-state index contributed by atoms with van der Waals surface area (Å²) in [5.41, 5.74) is 6.86. The largest absolute Gasteiger partial charge is 0.378 e. The highest BCUT2D eigenvalue weighted by Gasteiger charge is 2.17. The van der Waals surface area contributed by atoms with E-state index in [2.05, 4.69) is 27.7 Å². The quantitative estimate of drug-likeness (QED) is 0.717. The molecule has 2 N–H and O–H groups in total. The lowest BCUT2D eigenvalue weighted by Gasteiger charge is -2.26. The number of thiophene rings is 1. The first-order valence-corrected chi connectivity index (χ1v) is 10.7. The molecule has 27 heavy (non-hydrogen) atoms. The molecule has 1 fully saturated rings. The van der Waals surface area contributed by atoms with Crippen molar-refractivity contribution in [1.29, 1.82) is 0 Å². The van der Waals surface area contributed by atoms with Gasteiger partial charge in [-0.1, -0.05) is 13.3 Å². The molecule has 0 aromatic carbocycles. The number of anilines is 1. The molecule has 146 valence electrons. The number of carbonyl (C=O) groups is 2. The number of carbonyl (C=O) groups excluding carboxylic acids is 2. The third kappa shape index (κ3) is 5.27. The molecule has 3 rings (SSSR count). The van der Waals surface area contributed by atoms with Crippen LogP contribution in [0, 0.1) is 6.92 Å². The van der Waals surface area contributed by atoms with Crippen LogP contribution in [-0.2, 0) is 22.4 Å². The number of morpholine rings is 1. The van der Waals surface area contributed by atoms with Crippen molar-refractivity contribution in [1.82, 2.24) is 15.8 Å². The Balaban J connectivity index is 1.48. The fourth-order valence-corrected chi connectivity index (χ4v) is 4.67. The Bertz CT molecular complexity index is 796. The molecule has 0 unspecified atom stereocenters. The van der Waals surface area contributed by atoms with Crippen molar-refractivity contribution in [3.63, 3.8) is 0 Å². The average Bonchev–Trinajstić information content (AvgIpc) is 3.28. The molecule has 0 atom stereocenters. The molecule has 0 saturated carbocycles. The Labute approximate surface area is 166 Å². The highest BCUT2D eigenvalue weighted by atomic mass is 32.1. The maximum absolute atomic E-state index is 12.2. The highest BCUT2D eigenvalue weighted by Crippen LogP contribution is 2.23. The number of aromatic nitrogens is 1. The van der Waals surface area contributed by atoms with Crippen LogP contribution >= 0.6 is 22.7 Å². The minimum Gasteiger partial charge on any atom is -0.378 e. The first-order chi connectivity index (χ1) is 13.1. The molecule has 1 aliphatic rings. The van der Waals surface area contributed by atoms with Crippen LogP contribution in [0.1, 0.15) is 39.2 Å². The van der Waals surface area contributed by atoms with Crippen LogP contribution in [0.25, 0.3) is 0 Å². The van der Waals surface area contributed by atoms with E-state index in [0.29, 0.717) is 23.8 Å². The fourth-order valence-electron chi connectivity index (χ4n) is 2.82. The van der Waals surface area contributed by atoms with Crippen molar-refractivity contribution < 1.29 is 14.3 Å². The van der Waals surface area contributed by atoms with Crippen LogP contribution in [-0.4, -0.2) is 43.1 Å². The zero-order chi connectivity index (χ0) is 19.2. The number of thiazole rings is 1. The number of hydrazine groups is 1. The molecular formula is C18H24N4O3S2. The van der Waals surface area contributed by atoms with Crippen LogP contribution < -0.4 is 15.8 Å². The van der Waals surface area contributed by atoms with Gasteiger partial charge in [-0.15, -0.1) is 22.7 Å². The summed E-state index contributed by atoms with van der Waals surface area (Å²) >= 11 is 2.97. The van der Waals surface area contributed by atoms with Crippen molar-refractivity contribution >= 4 is 39.6 Å². The van der Waals surface area contributed by atoms with E-state index < -0.39 is 0 Å². The Morgan fingerprint density at radius 1 is 1.30 bits per heavy atom. The van der Waals surface area contributed by atoms with E-state index >= 15 is 0 Å².